The van der Waals surface area contributed by atoms with Gasteiger partial charge in [-0.05, 0) is 37.3 Å². The van der Waals surface area contributed by atoms with Gasteiger partial charge in [-0.1, -0.05) is 33.6 Å². The van der Waals surface area contributed by atoms with Gasteiger partial charge in [0.25, 0.3) is 0 Å². The molecule has 0 aliphatic carbocycles. The number of halogens is 2. The Morgan fingerprint density at radius 1 is 1.12 bits per heavy atom. The van der Waals surface area contributed by atoms with Gasteiger partial charge in [0.1, 0.15) is 5.82 Å². The van der Waals surface area contributed by atoms with Gasteiger partial charge in [-0.15, -0.1) is 0 Å². The van der Waals surface area contributed by atoms with Gasteiger partial charge in [0.2, 0.25) is 0 Å². The van der Waals surface area contributed by atoms with Crippen molar-refractivity contribution in [3.63, 3.8) is 0 Å². The van der Waals surface area contributed by atoms with Crippen LogP contribution in [0.25, 0.3) is 0 Å². The summed E-state index contributed by atoms with van der Waals surface area (Å²) in [6.07, 6.45) is 0. The average molecular weight is 294 g/mol. The molecule has 17 heavy (non-hydrogen) atoms. The summed E-state index contributed by atoms with van der Waals surface area (Å²) in [4.78, 5) is 0. The van der Waals surface area contributed by atoms with E-state index in [1.54, 1.807) is 6.07 Å². The summed E-state index contributed by atoms with van der Waals surface area (Å²) in [6.45, 7) is 2.46. The monoisotopic (exact) mass is 293 g/mol. The minimum Gasteiger partial charge on any atom is -0.381 e. The number of benzene rings is 2. The van der Waals surface area contributed by atoms with E-state index in [9.17, 15) is 4.39 Å². The van der Waals surface area contributed by atoms with E-state index < -0.39 is 0 Å². The number of hydrogen-bond donors (Lipinski definition) is 1. The maximum absolute atomic E-state index is 13.5. The normalized spacial score (nSPS) is 10.3. The molecule has 2 aromatic carbocycles. The molecule has 88 valence electrons. The maximum atomic E-state index is 13.5. The highest BCUT2D eigenvalue weighted by Gasteiger charge is 2.01. The summed E-state index contributed by atoms with van der Waals surface area (Å²) >= 11 is 3.37. The Bertz CT molecular complexity index is 508. The molecule has 0 fully saturated rings. The number of aryl methyl sites for hydroxylation is 1. The predicted molar refractivity (Wildman–Crippen MR) is 72.6 cm³/mol. The van der Waals surface area contributed by atoms with Gasteiger partial charge in [0.15, 0.2) is 0 Å². The second-order valence-corrected chi connectivity index (χ2v) is 4.87. The van der Waals surface area contributed by atoms with Crippen molar-refractivity contribution in [2.75, 3.05) is 5.32 Å². The van der Waals surface area contributed by atoms with Crippen molar-refractivity contribution in [2.24, 2.45) is 0 Å². The van der Waals surface area contributed by atoms with Gasteiger partial charge in [0, 0.05) is 22.3 Å². The smallest absolute Gasteiger partial charge is 0.128 e. The van der Waals surface area contributed by atoms with Gasteiger partial charge in [-0.25, -0.2) is 4.39 Å². The topological polar surface area (TPSA) is 12.0 Å². The van der Waals surface area contributed by atoms with Crippen molar-refractivity contribution in [1.82, 2.24) is 0 Å². The molecule has 0 saturated carbocycles. The average Bonchev–Trinajstić information content (AvgIpc) is 2.32. The van der Waals surface area contributed by atoms with Crippen LogP contribution in [0.3, 0.4) is 0 Å². The molecule has 0 spiro atoms. The molecular weight excluding hydrogens is 281 g/mol. The van der Waals surface area contributed by atoms with E-state index in [1.807, 2.05) is 37.3 Å². The van der Waals surface area contributed by atoms with Gasteiger partial charge in [0.05, 0.1) is 0 Å². The molecule has 0 saturated heterocycles. The fourth-order valence-corrected chi connectivity index (χ4v) is 1.87. The Kier molecular flexibility index (Phi) is 3.79. The zero-order valence-electron chi connectivity index (χ0n) is 9.50. The van der Waals surface area contributed by atoms with Crippen LogP contribution in [0.15, 0.2) is 46.9 Å². The van der Waals surface area contributed by atoms with E-state index in [0.717, 1.165) is 15.7 Å². The van der Waals surface area contributed by atoms with E-state index in [0.29, 0.717) is 12.1 Å². The van der Waals surface area contributed by atoms with Crippen LogP contribution < -0.4 is 5.32 Å². The molecule has 0 bridgehead atoms. The fourth-order valence-electron chi connectivity index (χ4n) is 1.60. The number of anilines is 1. The van der Waals surface area contributed by atoms with E-state index in [-0.39, 0.29) is 5.82 Å². The molecule has 0 unspecified atom stereocenters. The molecule has 0 heterocycles. The molecule has 1 nitrogen and oxygen atoms in total. The van der Waals surface area contributed by atoms with Gasteiger partial charge >= 0.3 is 0 Å². The predicted octanol–water partition coefficient (Wildman–Crippen LogP) is 4.51. The quantitative estimate of drug-likeness (QED) is 0.878. The van der Waals surface area contributed by atoms with E-state index in [1.165, 1.54) is 6.07 Å². The lowest BCUT2D eigenvalue weighted by Gasteiger charge is -2.08. The first-order chi connectivity index (χ1) is 8.15. The highest BCUT2D eigenvalue weighted by atomic mass is 79.9. The first-order valence-electron chi connectivity index (χ1n) is 5.39. The van der Waals surface area contributed by atoms with Gasteiger partial charge < -0.3 is 5.32 Å². The molecule has 2 rings (SSSR count). The van der Waals surface area contributed by atoms with Crippen molar-refractivity contribution in [1.29, 1.82) is 0 Å². The molecule has 0 aliphatic rings. The molecule has 1 N–H and O–H groups in total. The molecule has 0 aromatic heterocycles. The second kappa shape index (κ2) is 5.32. The van der Waals surface area contributed by atoms with Gasteiger partial charge in [-0.2, -0.15) is 0 Å². The van der Waals surface area contributed by atoms with Crippen LogP contribution >= 0.6 is 15.9 Å². The van der Waals surface area contributed by atoms with Crippen molar-refractivity contribution in [3.05, 3.63) is 63.9 Å². The SMILES string of the molecule is Cc1ccc(F)c(CNc2ccc(Br)cc2)c1. The van der Waals surface area contributed by atoms with Crippen molar-refractivity contribution < 1.29 is 4.39 Å². The summed E-state index contributed by atoms with van der Waals surface area (Å²) in [5.41, 5.74) is 2.74. The van der Waals surface area contributed by atoms with Crippen LogP contribution in [-0.2, 0) is 6.54 Å². The third-order valence-corrected chi connectivity index (χ3v) is 3.06. The largest absolute Gasteiger partial charge is 0.381 e. The third-order valence-electron chi connectivity index (χ3n) is 2.53. The Labute approximate surface area is 109 Å². The van der Waals surface area contributed by atoms with Crippen molar-refractivity contribution in [3.8, 4) is 0 Å². The molecule has 0 amide bonds. The lowest BCUT2D eigenvalue weighted by Crippen LogP contribution is -2.01. The summed E-state index contributed by atoms with van der Waals surface area (Å²) in [5.74, 6) is -0.166. The van der Waals surface area contributed by atoms with Crippen LogP contribution in [0, 0.1) is 12.7 Å². The van der Waals surface area contributed by atoms with Gasteiger partial charge in [-0.3, -0.25) is 0 Å². The molecule has 0 aliphatic heterocycles. The zero-order valence-corrected chi connectivity index (χ0v) is 11.1. The summed E-state index contributed by atoms with van der Waals surface area (Å²) in [6, 6.07) is 13.0. The van der Waals surface area contributed by atoms with Crippen LogP contribution in [-0.4, -0.2) is 0 Å². The Hall–Kier alpha value is -1.35. The molecule has 0 atom stereocenters. The van der Waals surface area contributed by atoms with Crippen LogP contribution in [0.2, 0.25) is 0 Å². The van der Waals surface area contributed by atoms with Crippen molar-refractivity contribution >= 4 is 21.6 Å². The second-order valence-electron chi connectivity index (χ2n) is 3.96. The molecule has 0 radical (unpaired) electrons. The third kappa shape index (κ3) is 3.30. The summed E-state index contributed by atoms with van der Waals surface area (Å²) < 4.78 is 14.5. The highest BCUT2D eigenvalue weighted by Crippen LogP contribution is 2.16. The Balaban J connectivity index is 2.07. The Morgan fingerprint density at radius 3 is 2.53 bits per heavy atom. The fraction of sp³-hybridized carbons (Fsp3) is 0.143. The minimum absolute atomic E-state index is 0.166. The van der Waals surface area contributed by atoms with Crippen LogP contribution in [0.5, 0.6) is 0 Å². The summed E-state index contributed by atoms with van der Waals surface area (Å²) in [7, 11) is 0. The van der Waals surface area contributed by atoms with E-state index >= 15 is 0 Å². The number of rotatable bonds is 3. The van der Waals surface area contributed by atoms with Crippen LogP contribution in [0.1, 0.15) is 11.1 Å². The number of nitrogens with one attached hydrogen (secondary N) is 1. The molecular formula is C14H13BrFN. The first kappa shape index (κ1) is 12.1. The van der Waals surface area contributed by atoms with Crippen LogP contribution in [0.4, 0.5) is 10.1 Å². The highest BCUT2D eigenvalue weighted by molar-refractivity contribution is 9.10. The maximum Gasteiger partial charge on any atom is 0.128 e. The first-order valence-corrected chi connectivity index (χ1v) is 6.19. The zero-order chi connectivity index (χ0) is 12.3. The minimum atomic E-state index is -0.166. The number of hydrogen-bond acceptors (Lipinski definition) is 1. The molecule has 2 aromatic rings. The lowest BCUT2D eigenvalue weighted by atomic mass is 10.1. The molecule has 3 heteroatoms. The van der Waals surface area contributed by atoms with Crippen molar-refractivity contribution in [2.45, 2.75) is 13.5 Å². The lowest BCUT2D eigenvalue weighted by molar-refractivity contribution is 0.612. The van der Waals surface area contributed by atoms with E-state index in [4.69, 9.17) is 0 Å². The standard InChI is InChI=1S/C14H13BrFN/c1-10-2-7-14(16)11(8-10)9-17-13-5-3-12(15)4-6-13/h2-8,17H,9H2,1H3. The van der Waals surface area contributed by atoms with E-state index in [2.05, 4.69) is 21.2 Å². The summed E-state index contributed by atoms with van der Waals surface area (Å²) in [5, 5.41) is 3.20. The Morgan fingerprint density at radius 2 is 1.82 bits per heavy atom.